The van der Waals surface area contributed by atoms with Gasteiger partial charge in [0.1, 0.15) is 11.6 Å². The molecule has 2 aromatic carbocycles. The maximum absolute atomic E-state index is 13.4. The van der Waals surface area contributed by atoms with Crippen LogP contribution in [0.1, 0.15) is 5.56 Å². The molecule has 90 valence electrons. The Kier molecular flexibility index (Phi) is 2.88. The number of para-hydroxylation sites is 2. The van der Waals surface area contributed by atoms with Crippen molar-refractivity contribution in [3.05, 3.63) is 53.8 Å². The molecular weight excluding hydrogens is 295 g/mol. The van der Waals surface area contributed by atoms with Crippen molar-refractivity contribution in [1.82, 2.24) is 9.97 Å². The van der Waals surface area contributed by atoms with Gasteiger partial charge >= 0.3 is 0 Å². The molecular formula is C14H10BrFN2. The molecule has 0 bridgehead atoms. The summed E-state index contributed by atoms with van der Waals surface area (Å²) in [4.78, 5) is 7.70. The molecule has 3 rings (SSSR count). The van der Waals surface area contributed by atoms with Crippen LogP contribution in [0.3, 0.4) is 0 Å². The Morgan fingerprint density at radius 2 is 2.00 bits per heavy atom. The van der Waals surface area contributed by atoms with Crippen LogP contribution in [0.5, 0.6) is 0 Å². The Morgan fingerprint density at radius 3 is 2.78 bits per heavy atom. The fraction of sp³-hybridized carbons (Fsp3) is 0.0714. The highest BCUT2D eigenvalue weighted by Crippen LogP contribution is 2.26. The maximum Gasteiger partial charge on any atom is 0.138 e. The second kappa shape index (κ2) is 4.53. The molecule has 1 N–H and O–H groups in total. The number of benzene rings is 2. The van der Waals surface area contributed by atoms with Gasteiger partial charge in [-0.3, -0.25) is 0 Å². The number of aromatic amines is 1. The van der Waals surface area contributed by atoms with E-state index in [1.807, 2.05) is 24.3 Å². The number of fused-ring (bicyclic) bond motifs is 1. The molecule has 0 unspecified atom stereocenters. The number of hydrogen-bond donors (Lipinski definition) is 1. The number of hydrogen-bond acceptors (Lipinski definition) is 1. The molecule has 0 aliphatic heterocycles. The zero-order chi connectivity index (χ0) is 12.5. The highest BCUT2D eigenvalue weighted by Gasteiger charge is 2.10. The van der Waals surface area contributed by atoms with Crippen LogP contribution in [0.2, 0.25) is 0 Å². The van der Waals surface area contributed by atoms with Crippen LogP contribution in [0.25, 0.3) is 22.4 Å². The van der Waals surface area contributed by atoms with Crippen molar-refractivity contribution in [2.45, 2.75) is 5.33 Å². The molecule has 0 aliphatic carbocycles. The van der Waals surface area contributed by atoms with Crippen LogP contribution in [-0.2, 0) is 5.33 Å². The first kappa shape index (κ1) is 11.4. The van der Waals surface area contributed by atoms with Gasteiger partial charge in [-0.05, 0) is 29.8 Å². The summed E-state index contributed by atoms with van der Waals surface area (Å²) in [7, 11) is 0. The maximum atomic E-state index is 13.4. The fourth-order valence-corrected chi connectivity index (χ4v) is 2.45. The van der Waals surface area contributed by atoms with Gasteiger partial charge in [-0.25, -0.2) is 9.37 Å². The molecule has 1 heterocycles. The SMILES string of the molecule is Fc1ccc(CBr)c(-c2nc3ccccc3[nH]2)c1. The number of nitrogens with zero attached hydrogens (tertiary/aromatic N) is 1. The number of rotatable bonds is 2. The summed E-state index contributed by atoms with van der Waals surface area (Å²) in [6, 6.07) is 12.5. The normalized spacial score (nSPS) is 11.0. The largest absolute Gasteiger partial charge is 0.338 e. The van der Waals surface area contributed by atoms with Crippen molar-refractivity contribution >= 4 is 27.0 Å². The van der Waals surface area contributed by atoms with Crippen molar-refractivity contribution in [2.75, 3.05) is 0 Å². The standard InChI is InChI=1S/C14H10BrFN2/c15-8-9-5-6-10(16)7-11(9)14-17-12-3-1-2-4-13(12)18-14/h1-7H,8H2,(H,17,18). The van der Waals surface area contributed by atoms with E-state index in [2.05, 4.69) is 25.9 Å². The summed E-state index contributed by atoms with van der Waals surface area (Å²) in [5.74, 6) is 0.445. The van der Waals surface area contributed by atoms with Crippen LogP contribution < -0.4 is 0 Å². The first-order valence-corrected chi connectivity index (χ1v) is 6.69. The summed E-state index contributed by atoms with van der Waals surface area (Å²) in [5.41, 5.74) is 3.65. The predicted octanol–water partition coefficient (Wildman–Crippen LogP) is 4.26. The molecule has 3 aromatic rings. The van der Waals surface area contributed by atoms with Gasteiger partial charge in [0.05, 0.1) is 11.0 Å². The van der Waals surface area contributed by atoms with Crippen LogP contribution in [0, 0.1) is 5.82 Å². The molecule has 2 nitrogen and oxygen atoms in total. The Bertz CT molecular complexity index is 673. The Morgan fingerprint density at radius 1 is 1.17 bits per heavy atom. The van der Waals surface area contributed by atoms with E-state index in [4.69, 9.17) is 0 Å². The third-order valence-corrected chi connectivity index (χ3v) is 3.46. The Labute approximate surface area is 112 Å². The van der Waals surface area contributed by atoms with Gasteiger partial charge in [-0.2, -0.15) is 0 Å². The first-order chi connectivity index (χ1) is 8.78. The molecule has 0 atom stereocenters. The topological polar surface area (TPSA) is 28.7 Å². The first-order valence-electron chi connectivity index (χ1n) is 5.57. The summed E-state index contributed by atoms with van der Waals surface area (Å²) in [6.07, 6.45) is 0. The quantitative estimate of drug-likeness (QED) is 0.704. The average molecular weight is 305 g/mol. The Hall–Kier alpha value is -1.68. The third kappa shape index (κ3) is 1.93. The van der Waals surface area contributed by atoms with Crippen molar-refractivity contribution < 1.29 is 4.39 Å². The molecule has 4 heteroatoms. The molecule has 1 aromatic heterocycles. The van der Waals surface area contributed by atoms with Gasteiger partial charge in [0.25, 0.3) is 0 Å². The van der Waals surface area contributed by atoms with Gasteiger partial charge < -0.3 is 4.98 Å². The average Bonchev–Trinajstić information content (AvgIpc) is 2.82. The van der Waals surface area contributed by atoms with Crippen LogP contribution in [0.4, 0.5) is 4.39 Å². The van der Waals surface area contributed by atoms with Gasteiger partial charge in [0.15, 0.2) is 0 Å². The smallest absolute Gasteiger partial charge is 0.138 e. The van der Waals surface area contributed by atoms with E-state index in [-0.39, 0.29) is 5.82 Å². The van der Waals surface area contributed by atoms with Gasteiger partial charge in [0.2, 0.25) is 0 Å². The monoisotopic (exact) mass is 304 g/mol. The lowest BCUT2D eigenvalue weighted by Gasteiger charge is -2.04. The van der Waals surface area contributed by atoms with Crippen molar-refractivity contribution in [2.24, 2.45) is 0 Å². The summed E-state index contributed by atoms with van der Waals surface area (Å²) < 4.78 is 13.4. The lowest BCUT2D eigenvalue weighted by molar-refractivity contribution is 0.627. The summed E-state index contributed by atoms with van der Waals surface area (Å²) in [5, 5.41) is 0.666. The summed E-state index contributed by atoms with van der Waals surface area (Å²) in [6.45, 7) is 0. The van der Waals surface area contributed by atoms with E-state index >= 15 is 0 Å². The van der Waals surface area contributed by atoms with E-state index in [1.165, 1.54) is 12.1 Å². The molecule has 0 aliphatic rings. The minimum absolute atomic E-state index is 0.254. The number of imidazole rings is 1. The van der Waals surface area contributed by atoms with Gasteiger partial charge in [-0.1, -0.05) is 34.1 Å². The van der Waals surface area contributed by atoms with Gasteiger partial charge in [-0.15, -0.1) is 0 Å². The van der Waals surface area contributed by atoms with E-state index in [9.17, 15) is 4.39 Å². The number of H-pyrrole nitrogens is 1. The van der Waals surface area contributed by atoms with Crippen LogP contribution in [0.15, 0.2) is 42.5 Å². The van der Waals surface area contributed by atoms with E-state index in [0.29, 0.717) is 11.2 Å². The zero-order valence-electron chi connectivity index (χ0n) is 9.45. The molecule has 0 amide bonds. The number of aromatic nitrogens is 2. The number of halogens is 2. The molecule has 0 saturated heterocycles. The highest BCUT2D eigenvalue weighted by molar-refractivity contribution is 9.08. The lowest BCUT2D eigenvalue weighted by atomic mass is 10.1. The number of alkyl halides is 1. The molecule has 0 saturated carbocycles. The molecule has 0 radical (unpaired) electrons. The second-order valence-corrected chi connectivity index (χ2v) is 4.60. The van der Waals surface area contributed by atoms with Crippen molar-refractivity contribution in [1.29, 1.82) is 0 Å². The van der Waals surface area contributed by atoms with E-state index in [0.717, 1.165) is 22.2 Å². The Balaban J connectivity index is 2.22. The molecule has 0 fully saturated rings. The van der Waals surface area contributed by atoms with Crippen LogP contribution >= 0.6 is 15.9 Å². The summed E-state index contributed by atoms with van der Waals surface area (Å²) >= 11 is 3.41. The second-order valence-electron chi connectivity index (χ2n) is 4.04. The van der Waals surface area contributed by atoms with E-state index < -0.39 is 0 Å². The zero-order valence-corrected chi connectivity index (χ0v) is 11.0. The van der Waals surface area contributed by atoms with E-state index in [1.54, 1.807) is 6.07 Å². The predicted molar refractivity (Wildman–Crippen MR) is 74.1 cm³/mol. The van der Waals surface area contributed by atoms with Gasteiger partial charge in [0, 0.05) is 10.9 Å². The van der Waals surface area contributed by atoms with Crippen LogP contribution in [-0.4, -0.2) is 9.97 Å². The fourth-order valence-electron chi connectivity index (χ4n) is 1.97. The van der Waals surface area contributed by atoms with Crippen molar-refractivity contribution in [3.8, 4) is 11.4 Å². The van der Waals surface area contributed by atoms with Crippen molar-refractivity contribution in [3.63, 3.8) is 0 Å². The lowest BCUT2D eigenvalue weighted by Crippen LogP contribution is -1.89. The molecule has 0 spiro atoms. The minimum atomic E-state index is -0.254. The highest BCUT2D eigenvalue weighted by atomic mass is 79.9. The third-order valence-electron chi connectivity index (χ3n) is 2.86. The molecule has 18 heavy (non-hydrogen) atoms. The minimum Gasteiger partial charge on any atom is -0.338 e. The number of nitrogens with one attached hydrogen (secondary N) is 1.